The molecule has 1 aliphatic rings. The predicted octanol–water partition coefficient (Wildman–Crippen LogP) is 4.14. The maximum absolute atomic E-state index is 3.33. The van der Waals surface area contributed by atoms with Gasteiger partial charge in [-0.05, 0) is 39.3 Å². The summed E-state index contributed by atoms with van der Waals surface area (Å²) in [4.78, 5) is 0. The van der Waals surface area contributed by atoms with Gasteiger partial charge in [-0.2, -0.15) is 0 Å². The van der Waals surface area contributed by atoms with Crippen LogP contribution in [-0.4, -0.2) is 5.37 Å². The van der Waals surface area contributed by atoms with Crippen molar-refractivity contribution in [3.05, 3.63) is 59.5 Å². The first-order valence-electron chi connectivity index (χ1n) is 5.65. The number of hydrogen-bond acceptors (Lipinski definition) is 0. The van der Waals surface area contributed by atoms with E-state index in [4.69, 9.17) is 0 Å². The Bertz CT molecular complexity index is 676. The van der Waals surface area contributed by atoms with Gasteiger partial charge < -0.3 is 0 Å². The molecule has 0 amide bonds. The van der Waals surface area contributed by atoms with Gasteiger partial charge in [-0.25, -0.2) is 0 Å². The van der Waals surface area contributed by atoms with E-state index in [-0.39, 0.29) is 10.5 Å². The molecule has 1 atom stereocenters. The van der Waals surface area contributed by atoms with Gasteiger partial charge in [-0.3, -0.25) is 0 Å². The highest BCUT2D eigenvalue weighted by Crippen LogP contribution is 2.20. The van der Waals surface area contributed by atoms with Crippen molar-refractivity contribution in [2.75, 3.05) is 0 Å². The van der Waals surface area contributed by atoms with E-state index in [1.165, 1.54) is 10.8 Å². The lowest BCUT2D eigenvalue weighted by molar-refractivity contribution is 1.60. The molecule has 1 unspecified atom stereocenters. The van der Waals surface area contributed by atoms with Crippen LogP contribution in [0.15, 0.2) is 53.9 Å². The van der Waals surface area contributed by atoms with E-state index in [2.05, 4.69) is 70.5 Å². The van der Waals surface area contributed by atoms with E-state index >= 15 is 0 Å². The van der Waals surface area contributed by atoms with Gasteiger partial charge in [0, 0.05) is 5.56 Å². The number of hydrogen-bond donors (Lipinski definition) is 0. The molecule has 3 rings (SSSR count). The van der Waals surface area contributed by atoms with Gasteiger partial charge in [0.2, 0.25) is 0 Å². The highest BCUT2D eigenvalue weighted by molar-refractivity contribution is 8.21. The molecule has 0 spiro atoms. The van der Waals surface area contributed by atoms with E-state index in [1.807, 2.05) is 0 Å². The summed E-state index contributed by atoms with van der Waals surface area (Å²) in [6, 6.07) is 14.7. The molecule has 1 aliphatic heterocycles. The average Bonchev–Trinajstić information content (AvgIpc) is 2.89. The van der Waals surface area contributed by atoms with E-state index in [9.17, 15) is 0 Å². The van der Waals surface area contributed by atoms with E-state index in [0.717, 1.165) is 12.0 Å². The zero-order valence-corrected chi connectivity index (χ0v) is 10.2. The van der Waals surface area contributed by atoms with Crippen LogP contribution in [0.4, 0.5) is 0 Å². The summed E-state index contributed by atoms with van der Waals surface area (Å²) in [5, 5.41) is 10.3. The van der Waals surface area contributed by atoms with Crippen LogP contribution in [0.5, 0.6) is 0 Å². The summed E-state index contributed by atoms with van der Waals surface area (Å²) in [6.07, 6.45) is 3.24. The zero-order valence-electron chi connectivity index (χ0n) is 9.39. The molecule has 17 heavy (non-hydrogen) atoms. The molecule has 0 fully saturated rings. The molecule has 0 saturated carbocycles. The van der Waals surface area contributed by atoms with Crippen molar-refractivity contribution in [2.45, 2.75) is 6.42 Å². The van der Waals surface area contributed by atoms with Crippen LogP contribution in [-0.2, 0) is 0 Å². The van der Waals surface area contributed by atoms with Crippen molar-refractivity contribution < 1.29 is 0 Å². The Kier molecular flexibility index (Phi) is 2.81. The van der Waals surface area contributed by atoms with E-state index in [1.54, 1.807) is 0 Å². The summed E-state index contributed by atoms with van der Waals surface area (Å²) in [5.74, 6) is 3.31. The summed E-state index contributed by atoms with van der Waals surface area (Å²) in [7, 11) is 0.0626. The quantitative estimate of drug-likeness (QED) is 0.476. The Morgan fingerprint density at radius 3 is 2.76 bits per heavy atom. The molecule has 2 aromatic rings. The largest absolute Gasteiger partial charge is 0.0906 e. The van der Waals surface area contributed by atoms with Crippen LogP contribution < -0.4 is 0 Å². The van der Waals surface area contributed by atoms with Gasteiger partial charge in [0.1, 0.15) is 0 Å². The monoisotopic (exact) mass is 236 g/mol. The van der Waals surface area contributed by atoms with Crippen molar-refractivity contribution in [3.63, 3.8) is 0 Å². The van der Waals surface area contributed by atoms with E-state index in [0.29, 0.717) is 0 Å². The molecule has 1 heteroatoms. The molecular formula is C16H12S. The van der Waals surface area contributed by atoms with Gasteiger partial charge in [0.25, 0.3) is 0 Å². The van der Waals surface area contributed by atoms with Crippen LogP contribution >= 0.6 is 10.5 Å². The molecule has 0 bridgehead atoms. The topological polar surface area (TPSA) is 0 Å². The summed E-state index contributed by atoms with van der Waals surface area (Å²) < 4.78 is 0. The van der Waals surface area contributed by atoms with E-state index < -0.39 is 0 Å². The minimum atomic E-state index is 0.0626. The van der Waals surface area contributed by atoms with Crippen molar-refractivity contribution in [1.29, 1.82) is 0 Å². The Morgan fingerprint density at radius 2 is 1.88 bits per heavy atom. The number of rotatable bonds is 0. The molecule has 2 aromatic carbocycles. The third-order valence-electron chi connectivity index (χ3n) is 2.75. The van der Waals surface area contributed by atoms with Crippen LogP contribution in [0.1, 0.15) is 12.0 Å². The molecule has 0 N–H and O–H groups in total. The Balaban J connectivity index is 2.08. The fourth-order valence-electron chi connectivity index (χ4n) is 1.90. The first kappa shape index (κ1) is 10.4. The number of benzene rings is 2. The predicted molar refractivity (Wildman–Crippen MR) is 78.2 cm³/mol. The zero-order chi connectivity index (χ0) is 11.5. The van der Waals surface area contributed by atoms with Crippen LogP contribution in [0.25, 0.3) is 10.8 Å². The van der Waals surface area contributed by atoms with Crippen LogP contribution in [0, 0.1) is 11.2 Å². The molecular weight excluding hydrogens is 224 g/mol. The summed E-state index contributed by atoms with van der Waals surface area (Å²) >= 11 is 0. The molecule has 0 aliphatic carbocycles. The van der Waals surface area contributed by atoms with Gasteiger partial charge in [0.05, 0.1) is 0 Å². The average molecular weight is 236 g/mol. The first-order valence-corrected chi connectivity index (χ1v) is 7.00. The third kappa shape index (κ3) is 2.18. The van der Waals surface area contributed by atoms with Gasteiger partial charge in [0.15, 0.2) is 0 Å². The molecule has 0 aromatic heterocycles. The second-order valence-electron chi connectivity index (χ2n) is 3.90. The van der Waals surface area contributed by atoms with Crippen molar-refractivity contribution in [3.8, 4) is 11.2 Å². The minimum Gasteiger partial charge on any atom is -0.0906 e. The maximum Gasteiger partial charge on any atom is 0.0332 e. The lowest BCUT2D eigenvalue weighted by atomic mass is 10.1. The second kappa shape index (κ2) is 4.61. The van der Waals surface area contributed by atoms with Crippen molar-refractivity contribution in [2.24, 2.45) is 0 Å². The minimum absolute atomic E-state index is 0.0626. The maximum atomic E-state index is 3.33. The molecule has 0 nitrogen and oxygen atoms in total. The van der Waals surface area contributed by atoms with Gasteiger partial charge in [-0.1, -0.05) is 58.9 Å². The molecule has 0 saturated heterocycles. The van der Waals surface area contributed by atoms with Gasteiger partial charge in [-0.15, -0.1) is 0 Å². The standard InChI is InChI=1S/C16H12S/c1-2-9-16-14(6-1)7-5-8-15(16)10-13-17-11-3-4-12-17/h1-3,5-9,11-12H,4H2. The molecule has 1 heterocycles. The summed E-state index contributed by atoms with van der Waals surface area (Å²) in [5.41, 5.74) is 1.13. The number of fused-ring (bicyclic) bond motifs is 1. The highest BCUT2D eigenvalue weighted by Gasteiger charge is 1.96. The SMILES string of the molecule is C(#CS1=CCC=C1)c1cccc2ccccc12. The normalized spacial score (nSPS) is 17.5. The third-order valence-corrected chi connectivity index (χ3v) is 4.12. The van der Waals surface area contributed by atoms with Gasteiger partial charge >= 0.3 is 0 Å². The molecule has 0 radical (unpaired) electrons. The lowest BCUT2D eigenvalue weighted by Crippen LogP contribution is -1.78. The van der Waals surface area contributed by atoms with Crippen LogP contribution in [0.3, 0.4) is 0 Å². The summed E-state index contributed by atoms with van der Waals surface area (Å²) in [6.45, 7) is 0. The van der Waals surface area contributed by atoms with Crippen molar-refractivity contribution >= 4 is 26.6 Å². The Morgan fingerprint density at radius 1 is 1.00 bits per heavy atom. The van der Waals surface area contributed by atoms with Crippen molar-refractivity contribution in [1.82, 2.24) is 0 Å². The highest BCUT2D eigenvalue weighted by atomic mass is 32.2. The Labute approximate surface area is 104 Å². The fraction of sp³-hybridized carbons (Fsp3) is 0.0625. The van der Waals surface area contributed by atoms with Crippen LogP contribution in [0.2, 0.25) is 0 Å². The smallest absolute Gasteiger partial charge is 0.0332 e. The second-order valence-corrected chi connectivity index (χ2v) is 5.45. The first-order chi connectivity index (χ1) is 8.43. The molecule has 82 valence electrons. The lowest BCUT2D eigenvalue weighted by Gasteiger charge is -1.99. The number of allylic oxidation sites excluding steroid dienone is 1. The fourth-order valence-corrected chi connectivity index (χ4v) is 3.03. The Hall–Kier alpha value is -1.78.